The molecule has 0 aliphatic carbocycles. The van der Waals surface area contributed by atoms with Gasteiger partial charge in [-0.25, -0.2) is 9.79 Å². The number of hydrogen-bond acceptors (Lipinski definition) is 3. The average molecular weight is 265 g/mol. The van der Waals surface area contributed by atoms with E-state index in [9.17, 15) is 4.79 Å². The molecule has 3 rings (SSSR count). The van der Waals surface area contributed by atoms with Crippen molar-refractivity contribution in [3.8, 4) is 0 Å². The van der Waals surface area contributed by atoms with Crippen molar-refractivity contribution in [3.05, 3.63) is 71.3 Å². The van der Waals surface area contributed by atoms with Gasteiger partial charge in [0, 0.05) is 12.0 Å². The average Bonchev–Trinajstić information content (AvgIpc) is 2.84. The van der Waals surface area contributed by atoms with Crippen LogP contribution in [0.15, 0.2) is 59.6 Å². The zero-order valence-electron chi connectivity index (χ0n) is 11.2. The summed E-state index contributed by atoms with van der Waals surface area (Å²) in [6.07, 6.45) is 0.579. The Morgan fingerprint density at radius 3 is 2.45 bits per heavy atom. The van der Waals surface area contributed by atoms with Gasteiger partial charge in [0.15, 0.2) is 6.04 Å². The zero-order valence-corrected chi connectivity index (χ0v) is 11.2. The minimum Gasteiger partial charge on any atom is -0.406 e. The second kappa shape index (κ2) is 5.29. The Balaban J connectivity index is 1.79. The van der Waals surface area contributed by atoms with E-state index < -0.39 is 6.04 Å². The standard InChI is InChI=1S/C17H15NO2/c1-12-7-9-13(10-8-12)11-15-17(19)20-16(18-15)14-5-3-2-4-6-14/h2-10,15H,11H2,1H3/t15-/m0/s1. The molecule has 0 N–H and O–H groups in total. The molecule has 0 fully saturated rings. The molecular formula is C17H15NO2. The highest BCUT2D eigenvalue weighted by atomic mass is 16.6. The fourth-order valence-corrected chi connectivity index (χ4v) is 2.17. The molecule has 20 heavy (non-hydrogen) atoms. The maximum atomic E-state index is 11.9. The number of rotatable bonds is 3. The van der Waals surface area contributed by atoms with Crippen molar-refractivity contribution >= 4 is 11.9 Å². The predicted octanol–water partition coefficient (Wildman–Crippen LogP) is 2.91. The van der Waals surface area contributed by atoms with Gasteiger partial charge < -0.3 is 4.74 Å². The number of aliphatic imine (C=N–C) groups is 1. The summed E-state index contributed by atoms with van der Waals surface area (Å²) >= 11 is 0. The van der Waals surface area contributed by atoms with Crippen LogP contribution in [0.5, 0.6) is 0 Å². The number of hydrogen-bond donors (Lipinski definition) is 0. The Labute approximate surface area is 117 Å². The van der Waals surface area contributed by atoms with Gasteiger partial charge >= 0.3 is 5.97 Å². The number of ether oxygens (including phenoxy) is 1. The van der Waals surface area contributed by atoms with E-state index in [0.717, 1.165) is 11.1 Å². The van der Waals surface area contributed by atoms with Crippen LogP contribution in [0.25, 0.3) is 0 Å². The Hall–Kier alpha value is -2.42. The molecule has 0 unspecified atom stereocenters. The van der Waals surface area contributed by atoms with E-state index >= 15 is 0 Å². The lowest BCUT2D eigenvalue weighted by Gasteiger charge is -2.03. The summed E-state index contributed by atoms with van der Waals surface area (Å²) in [5.41, 5.74) is 3.14. The van der Waals surface area contributed by atoms with Gasteiger partial charge in [-0.05, 0) is 24.6 Å². The van der Waals surface area contributed by atoms with Crippen LogP contribution in [-0.2, 0) is 16.0 Å². The van der Waals surface area contributed by atoms with Crippen molar-refractivity contribution in [2.24, 2.45) is 4.99 Å². The first-order chi connectivity index (χ1) is 9.72. The summed E-state index contributed by atoms with van der Waals surface area (Å²) in [5, 5.41) is 0. The molecule has 0 saturated heterocycles. The topological polar surface area (TPSA) is 38.7 Å². The molecule has 1 aliphatic rings. The van der Waals surface area contributed by atoms with Gasteiger partial charge in [0.05, 0.1) is 0 Å². The summed E-state index contributed by atoms with van der Waals surface area (Å²) in [5.74, 6) is 0.150. The third-order valence-corrected chi connectivity index (χ3v) is 3.31. The minimum atomic E-state index is -0.437. The molecule has 3 nitrogen and oxygen atoms in total. The first-order valence-corrected chi connectivity index (χ1v) is 6.63. The van der Waals surface area contributed by atoms with E-state index in [1.54, 1.807) is 0 Å². The molecule has 2 aromatic rings. The normalized spacial score (nSPS) is 17.8. The van der Waals surface area contributed by atoms with Gasteiger partial charge in [0.2, 0.25) is 5.90 Å². The van der Waals surface area contributed by atoms with Crippen LogP contribution in [0.2, 0.25) is 0 Å². The van der Waals surface area contributed by atoms with E-state index in [1.165, 1.54) is 5.56 Å². The summed E-state index contributed by atoms with van der Waals surface area (Å²) in [4.78, 5) is 16.3. The molecule has 0 saturated carbocycles. The third kappa shape index (κ3) is 2.62. The summed E-state index contributed by atoms with van der Waals surface area (Å²) in [7, 11) is 0. The molecule has 2 aromatic carbocycles. The van der Waals surface area contributed by atoms with Crippen LogP contribution < -0.4 is 0 Å². The highest BCUT2D eigenvalue weighted by Gasteiger charge is 2.29. The quantitative estimate of drug-likeness (QED) is 0.800. The number of carbonyl (C=O) groups excluding carboxylic acids is 1. The van der Waals surface area contributed by atoms with Gasteiger partial charge in [0.25, 0.3) is 0 Å². The number of esters is 1. The molecule has 1 heterocycles. The molecule has 0 radical (unpaired) electrons. The molecular weight excluding hydrogens is 250 g/mol. The first-order valence-electron chi connectivity index (χ1n) is 6.63. The highest BCUT2D eigenvalue weighted by Crippen LogP contribution is 2.17. The van der Waals surface area contributed by atoms with Gasteiger partial charge in [-0.15, -0.1) is 0 Å². The number of aryl methyl sites for hydroxylation is 1. The lowest BCUT2D eigenvalue weighted by molar-refractivity contribution is -0.134. The van der Waals surface area contributed by atoms with Crippen LogP contribution >= 0.6 is 0 Å². The fourth-order valence-electron chi connectivity index (χ4n) is 2.17. The monoisotopic (exact) mass is 265 g/mol. The van der Waals surface area contributed by atoms with E-state index in [1.807, 2.05) is 61.5 Å². The van der Waals surface area contributed by atoms with Crippen LogP contribution in [0.1, 0.15) is 16.7 Å². The predicted molar refractivity (Wildman–Crippen MR) is 77.7 cm³/mol. The molecule has 100 valence electrons. The first kappa shape index (κ1) is 12.6. The van der Waals surface area contributed by atoms with E-state index in [4.69, 9.17) is 4.74 Å². The van der Waals surface area contributed by atoms with Crippen molar-refractivity contribution in [2.45, 2.75) is 19.4 Å². The summed E-state index contributed by atoms with van der Waals surface area (Å²) in [6, 6.07) is 17.2. The molecule has 0 bridgehead atoms. The van der Waals surface area contributed by atoms with Crippen molar-refractivity contribution in [3.63, 3.8) is 0 Å². The smallest absolute Gasteiger partial charge is 0.338 e. The minimum absolute atomic E-state index is 0.274. The van der Waals surface area contributed by atoms with E-state index in [-0.39, 0.29) is 5.97 Å². The van der Waals surface area contributed by atoms with E-state index in [2.05, 4.69) is 4.99 Å². The largest absolute Gasteiger partial charge is 0.406 e. The van der Waals surface area contributed by atoms with E-state index in [0.29, 0.717) is 12.3 Å². The third-order valence-electron chi connectivity index (χ3n) is 3.31. The lowest BCUT2D eigenvalue weighted by atomic mass is 10.1. The SMILES string of the molecule is Cc1ccc(C[C@@H]2N=C(c3ccccc3)OC2=O)cc1. The fraction of sp³-hybridized carbons (Fsp3) is 0.176. The van der Waals surface area contributed by atoms with Crippen LogP contribution in [0, 0.1) is 6.92 Å². The Bertz CT molecular complexity index is 644. The summed E-state index contributed by atoms with van der Waals surface area (Å²) < 4.78 is 5.27. The maximum Gasteiger partial charge on any atom is 0.338 e. The van der Waals surface area contributed by atoms with Gasteiger partial charge in [-0.2, -0.15) is 0 Å². The molecule has 3 heteroatoms. The van der Waals surface area contributed by atoms with Crippen LogP contribution in [-0.4, -0.2) is 17.9 Å². The molecule has 1 atom stereocenters. The molecule has 0 spiro atoms. The van der Waals surface area contributed by atoms with Crippen LogP contribution in [0.4, 0.5) is 0 Å². The van der Waals surface area contributed by atoms with Gasteiger partial charge in [-0.1, -0.05) is 48.0 Å². The molecule has 0 aromatic heterocycles. The van der Waals surface area contributed by atoms with Crippen molar-refractivity contribution in [1.29, 1.82) is 0 Å². The highest BCUT2D eigenvalue weighted by molar-refractivity contribution is 6.06. The number of cyclic esters (lactones) is 1. The number of carbonyl (C=O) groups is 1. The summed E-state index contributed by atoms with van der Waals surface area (Å²) in [6.45, 7) is 2.04. The number of benzene rings is 2. The second-order valence-electron chi connectivity index (χ2n) is 4.93. The Kier molecular flexibility index (Phi) is 3.33. The maximum absolute atomic E-state index is 11.9. The molecule has 1 aliphatic heterocycles. The van der Waals surface area contributed by atoms with Crippen molar-refractivity contribution < 1.29 is 9.53 Å². The number of nitrogens with zero attached hydrogens (tertiary/aromatic N) is 1. The second-order valence-corrected chi connectivity index (χ2v) is 4.93. The van der Waals surface area contributed by atoms with Gasteiger partial charge in [-0.3, -0.25) is 0 Å². The molecule has 0 amide bonds. The lowest BCUT2D eigenvalue weighted by Crippen LogP contribution is -2.17. The van der Waals surface area contributed by atoms with Crippen molar-refractivity contribution in [2.75, 3.05) is 0 Å². The van der Waals surface area contributed by atoms with Crippen molar-refractivity contribution in [1.82, 2.24) is 0 Å². The zero-order chi connectivity index (χ0) is 13.9. The van der Waals surface area contributed by atoms with Gasteiger partial charge in [0.1, 0.15) is 0 Å². The Morgan fingerprint density at radius 2 is 1.75 bits per heavy atom. The van der Waals surface area contributed by atoms with Crippen LogP contribution in [0.3, 0.4) is 0 Å². The Morgan fingerprint density at radius 1 is 1.05 bits per heavy atom.